The molecule has 0 saturated heterocycles. The first-order valence-corrected chi connectivity index (χ1v) is 7.16. The molecular weight excluding hydrogens is 254 g/mol. The summed E-state index contributed by atoms with van der Waals surface area (Å²) in [5.74, 6) is 0.473. The molecule has 1 rings (SSSR count). The molecule has 0 N–H and O–H groups in total. The minimum absolute atomic E-state index is 0.0395. The number of nitrogens with zero attached hydrogens (tertiary/aromatic N) is 1. The Kier molecular flexibility index (Phi) is 5.30. The molecule has 0 radical (unpaired) electrons. The Bertz CT molecular complexity index is 477. The lowest BCUT2D eigenvalue weighted by atomic mass is 10.3. The molecule has 0 saturated carbocycles. The van der Waals surface area contributed by atoms with Gasteiger partial charge in [0.25, 0.3) is 0 Å². The number of benzene rings is 1. The summed E-state index contributed by atoms with van der Waals surface area (Å²) in [6, 6.07) is 6.04. The standard InChI is InChI=1S/C12H17NO4S/c1-3-13(4-2)18(15,16)12-7-5-11(6-8-12)17-10-9-14/h5-9H,3-4,10H2,1-2H3. The molecule has 6 heteroatoms. The lowest BCUT2D eigenvalue weighted by molar-refractivity contribution is -0.109. The van der Waals surface area contributed by atoms with E-state index in [1.807, 2.05) is 0 Å². The summed E-state index contributed by atoms with van der Waals surface area (Å²) in [5, 5.41) is 0. The normalized spacial score (nSPS) is 11.5. The molecule has 0 aliphatic heterocycles. The van der Waals surface area contributed by atoms with Gasteiger partial charge < -0.3 is 4.74 Å². The zero-order valence-electron chi connectivity index (χ0n) is 10.5. The van der Waals surface area contributed by atoms with E-state index in [0.717, 1.165) is 0 Å². The maximum atomic E-state index is 12.1. The number of sulfonamides is 1. The zero-order valence-corrected chi connectivity index (χ0v) is 11.3. The van der Waals surface area contributed by atoms with Gasteiger partial charge in [-0.15, -0.1) is 0 Å². The van der Waals surface area contributed by atoms with Gasteiger partial charge in [-0.25, -0.2) is 8.42 Å². The van der Waals surface area contributed by atoms with Crippen molar-refractivity contribution >= 4 is 16.3 Å². The van der Waals surface area contributed by atoms with Crippen LogP contribution in [0.3, 0.4) is 0 Å². The van der Waals surface area contributed by atoms with E-state index in [4.69, 9.17) is 4.74 Å². The SMILES string of the molecule is CCN(CC)S(=O)(=O)c1ccc(OCC=O)cc1. The van der Waals surface area contributed by atoms with E-state index in [1.165, 1.54) is 16.4 Å². The first-order valence-electron chi connectivity index (χ1n) is 5.72. The molecule has 1 aromatic rings. The van der Waals surface area contributed by atoms with Crippen molar-refractivity contribution in [2.45, 2.75) is 18.7 Å². The minimum atomic E-state index is -3.43. The van der Waals surface area contributed by atoms with Crippen molar-refractivity contribution in [1.82, 2.24) is 4.31 Å². The summed E-state index contributed by atoms with van der Waals surface area (Å²) in [6.07, 6.45) is 0.639. The van der Waals surface area contributed by atoms with Crippen molar-refractivity contribution in [1.29, 1.82) is 0 Å². The molecule has 0 unspecified atom stereocenters. The third kappa shape index (κ3) is 3.30. The molecule has 0 aliphatic carbocycles. The van der Waals surface area contributed by atoms with Gasteiger partial charge in [0.15, 0.2) is 6.29 Å². The summed E-state index contributed by atoms with van der Waals surface area (Å²) in [5.41, 5.74) is 0. The predicted molar refractivity (Wildman–Crippen MR) is 68.1 cm³/mol. The van der Waals surface area contributed by atoms with Gasteiger partial charge >= 0.3 is 0 Å². The third-order valence-corrected chi connectivity index (χ3v) is 4.55. The van der Waals surface area contributed by atoms with Gasteiger partial charge in [-0.05, 0) is 24.3 Å². The predicted octanol–water partition coefficient (Wildman–Crippen LogP) is 1.29. The van der Waals surface area contributed by atoms with Crippen molar-refractivity contribution in [2.24, 2.45) is 0 Å². The van der Waals surface area contributed by atoms with Crippen molar-refractivity contribution < 1.29 is 17.9 Å². The first-order chi connectivity index (χ1) is 8.56. The Hall–Kier alpha value is -1.40. The van der Waals surface area contributed by atoms with Crippen LogP contribution in [0, 0.1) is 0 Å². The first kappa shape index (κ1) is 14.7. The lowest BCUT2D eigenvalue weighted by Gasteiger charge is -2.18. The van der Waals surface area contributed by atoms with Gasteiger partial charge in [0, 0.05) is 13.1 Å². The molecule has 0 spiro atoms. The van der Waals surface area contributed by atoms with E-state index < -0.39 is 10.0 Å². The smallest absolute Gasteiger partial charge is 0.243 e. The molecule has 5 nitrogen and oxygen atoms in total. The second-order valence-corrected chi connectivity index (χ2v) is 5.48. The van der Waals surface area contributed by atoms with Crippen LogP contribution in [-0.2, 0) is 14.8 Å². The molecule has 0 fully saturated rings. The second-order valence-electron chi connectivity index (χ2n) is 3.54. The highest BCUT2D eigenvalue weighted by atomic mass is 32.2. The summed E-state index contributed by atoms with van der Waals surface area (Å²) in [6.45, 7) is 4.41. The number of hydrogen-bond donors (Lipinski definition) is 0. The molecule has 18 heavy (non-hydrogen) atoms. The van der Waals surface area contributed by atoms with Crippen LogP contribution in [0.2, 0.25) is 0 Å². The second kappa shape index (κ2) is 6.51. The van der Waals surface area contributed by atoms with E-state index in [-0.39, 0.29) is 11.5 Å². The Labute approximate surface area is 107 Å². The molecule has 1 aromatic carbocycles. The fourth-order valence-electron chi connectivity index (χ4n) is 1.55. The van der Waals surface area contributed by atoms with Crippen LogP contribution in [0.1, 0.15) is 13.8 Å². The summed E-state index contributed by atoms with van der Waals surface area (Å²) >= 11 is 0. The molecule has 0 atom stereocenters. The quantitative estimate of drug-likeness (QED) is 0.701. The summed E-state index contributed by atoms with van der Waals surface area (Å²) in [7, 11) is -3.43. The van der Waals surface area contributed by atoms with Crippen LogP contribution >= 0.6 is 0 Å². The zero-order chi connectivity index (χ0) is 13.6. The van der Waals surface area contributed by atoms with E-state index in [1.54, 1.807) is 26.0 Å². The highest BCUT2D eigenvalue weighted by molar-refractivity contribution is 7.89. The van der Waals surface area contributed by atoms with E-state index in [9.17, 15) is 13.2 Å². The average molecular weight is 271 g/mol. The number of aldehydes is 1. The van der Waals surface area contributed by atoms with Gasteiger partial charge in [-0.2, -0.15) is 4.31 Å². The highest BCUT2D eigenvalue weighted by Crippen LogP contribution is 2.19. The van der Waals surface area contributed by atoms with Crippen molar-refractivity contribution in [3.8, 4) is 5.75 Å². The van der Waals surface area contributed by atoms with Gasteiger partial charge in [0.2, 0.25) is 10.0 Å². The van der Waals surface area contributed by atoms with Crippen LogP contribution < -0.4 is 4.74 Å². The van der Waals surface area contributed by atoms with Gasteiger partial charge in [-0.3, -0.25) is 4.79 Å². The van der Waals surface area contributed by atoms with Crippen LogP contribution in [0.4, 0.5) is 0 Å². The Morgan fingerprint density at radius 2 is 1.72 bits per heavy atom. The van der Waals surface area contributed by atoms with Crippen LogP contribution in [0.15, 0.2) is 29.2 Å². The highest BCUT2D eigenvalue weighted by Gasteiger charge is 2.21. The number of hydrogen-bond acceptors (Lipinski definition) is 4. The fourth-order valence-corrected chi connectivity index (χ4v) is 3.01. The van der Waals surface area contributed by atoms with Gasteiger partial charge in [-0.1, -0.05) is 13.8 Å². The van der Waals surface area contributed by atoms with Crippen molar-refractivity contribution in [3.63, 3.8) is 0 Å². The molecule has 100 valence electrons. The molecule has 0 bridgehead atoms. The minimum Gasteiger partial charge on any atom is -0.486 e. The van der Waals surface area contributed by atoms with E-state index >= 15 is 0 Å². The Morgan fingerprint density at radius 1 is 1.17 bits per heavy atom. The molecule has 0 amide bonds. The number of rotatable bonds is 7. The fraction of sp³-hybridized carbons (Fsp3) is 0.417. The average Bonchev–Trinajstić information content (AvgIpc) is 2.38. The largest absolute Gasteiger partial charge is 0.486 e. The van der Waals surface area contributed by atoms with E-state index in [2.05, 4.69) is 0 Å². The molecule has 0 heterocycles. The number of carbonyl (C=O) groups is 1. The van der Waals surface area contributed by atoms with Crippen LogP contribution in [0.25, 0.3) is 0 Å². The maximum Gasteiger partial charge on any atom is 0.243 e. The summed E-state index contributed by atoms with van der Waals surface area (Å²) in [4.78, 5) is 10.4. The lowest BCUT2D eigenvalue weighted by Crippen LogP contribution is -2.30. The Morgan fingerprint density at radius 3 is 2.17 bits per heavy atom. The number of ether oxygens (including phenoxy) is 1. The van der Waals surface area contributed by atoms with Gasteiger partial charge in [0.05, 0.1) is 4.90 Å². The number of carbonyl (C=O) groups excluding carboxylic acids is 1. The van der Waals surface area contributed by atoms with E-state index in [0.29, 0.717) is 25.1 Å². The topological polar surface area (TPSA) is 63.7 Å². The van der Waals surface area contributed by atoms with Crippen LogP contribution in [0.5, 0.6) is 5.75 Å². The molecule has 0 aliphatic rings. The van der Waals surface area contributed by atoms with Crippen LogP contribution in [-0.4, -0.2) is 38.7 Å². The van der Waals surface area contributed by atoms with Crippen molar-refractivity contribution in [3.05, 3.63) is 24.3 Å². The maximum absolute atomic E-state index is 12.1. The molecule has 0 aromatic heterocycles. The monoisotopic (exact) mass is 271 g/mol. The molecular formula is C12H17NO4S. The summed E-state index contributed by atoms with van der Waals surface area (Å²) < 4.78 is 30.7. The third-order valence-electron chi connectivity index (χ3n) is 2.48. The van der Waals surface area contributed by atoms with Crippen molar-refractivity contribution in [2.75, 3.05) is 19.7 Å². The van der Waals surface area contributed by atoms with Gasteiger partial charge in [0.1, 0.15) is 12.4 Å². The Balaban J connectivity index is 2.93.